The maximum Gasteiger partial charge on any atom is 0.138 e. The van der Waals surface area contributed by atoms with Gasteiger partial charge < -0.3 is 14.9 Å². The van der Waals surface area contributed by atoms with Crippen LogP contribution in [0.1, 0.15) is 19.0 Å². The van der Waals surface area contributed by atoms with Crippen LogP contribution < -0.4 is 5.73 Å². The number of ether oxygens (including phenoxy) is 1. The molecule has 0 saturated heterocycles. The third-order valence-corrected chi connectivity index (χ3v) is 3.93. The second-order valence-electron chi connectivity index (χ2n) is 4.67. The molecule has 19 heavy (non-hydrogen) atoms. The summed E-state index contributed by atoms with van der Waals surface area (Å²) in [5.41, 5.74) is 8.16. The number of hydrogen-bond acceptors (Lipinski definition) is 4. The Bertz CT molecular complexity index is 524. The first-order chi connectivity index (χ1) is 9.22. The van der Waals surface area contributed by atoms with Crippen LogP contribution in [0.4, 0.5) is 0 Å². The van der Waals surface area contributed by atoms with Crippen molar-refractivity contribution < 1.29 is 4.74 Å². The Morgan fingerprint density at radius 1 is 1.47 bits per heavy atom. The van der Waals surface area contributed by atoms with Crippen molar-refractivity contribution in [3.05, 3.63) is 30.1 Å². The summed E-state index contributed by atoms with van der Waals surface area (Å²) in [4.78, 5) is 4.69. The Balaban J connectivity index is 2.20. The zero-order valence-electron chi connectivity index (χ0n) is 11.5. The molecule has 1 unspecified atom stereocenters. The third-order valence-electron chi connectivity index (χ3n) is 2.84. The molecule has 2 aromatic heterocycles. The molecule has 5 heteroatoms. The van der Waals surface area contributed by atoms with Crippen molar-refractivity contribution in [3.8, 4) is 0 Å². The lowest BCUT2D eigenvalue weighted by atomic mass is 10.2. The second-order valence-corrected chi connectivity index (χ2v) is 5.75. The second kappa shape index (κ2) is 6.93. The molecule has 2 aromatic rings. The van der Waals surface area contributed by atoms with Crippen LogP contribution >= 0.6 is 11.8 Å². The van der Waals surface area contributed by atoms with Crippen molar-refractivity contribution in [3.63, 3.8) is 0 Å². The fraction of sp³-hybridized carbons (Fsp3) is 0.500. The van der Waals surface area contributed by atoms with Gasteiger partial charge in [0.25, 0.3) is 0 Å². The number of fused-ring (bicyclic) bond motifs is 1. The van der Waals surface area contributed by atoms with E-state index in [0.29, 0.717) is 0 Å². The van der Waals surface area contributed by atoms with E-state index in [2.05, 4.69) is 10.6 Å². The van der Waals surface area contributed by atoms with Crippen molar-refractivity contribution in [2.45, 2.75) is 30.8 Å². The van der Waals surface area contributed by atoms with E-state index in [9.17, 15) is 0 Å². The summed E-state index contributed by atoms with van der Waals surface area (Å²) >= 11 is 1.79. The van der Waals surface area contributed by atoms with Gasteiger partial charge in [-0.1, -0.05) is 6.07 Å². The predicted molar refractivity (Wildman–Crippen MR) is 79.8 cm³/mol. The average molecular weight is 279 g/mol. The van der Waals surface area contributed by atoms with E-state index in [0.717, 1.165) is 35.9 Å². The molecule has 4 nitrogen and oxygen atoms in total. The van der Waals surface area contributed by atoms with Crippen molar-refractivity contribution >= 4 is 17.4 Å². The molecule has 0 saturated carbocycles. The quantitative estimate of drug-likeness (QED) is 0.624. The Hall–Kier alpha value is -1.04. The van der Waals surface area contributed by atoms with Crippen LogP contribution in [0.3, 0.4) is 0 Å². The summed E-state index contributed by atoms with van der Waals surface area (Å²) in [6.07, 6.45) is 3.93. The van der Waals surface area contributed by atoms with Crippen LogP contribution in [0, 0.1) is 0 Å². The van der Waals surface area contributed by atoms with Gasteiger partial charge in [-0.2, -0.15) is 0 Å². The van der Waals surface area contributed by atoms with E-state index in [1.807, 2.05) is 25.1 Å². The molecule has 0 aromatic carbocycles. The number of nitrogens with zero attached hydrogens (tertiary/aromatic N) is 2. The van der Waals surface area contributed by atoms with Gasteiger partial charge in [-0.05, 0) is 25.5 Å². The van der Waals surface area contributed by atoms with Crippen molar-refractivity contribution in [2.24, 2.45) is 5.73 Å². The van der Waals surface area contributed by atoms with E-state index < -0.39 is 0 Å². The van der Waals surface area contributed by atoms with E-state index in [1.54, 1.807) is 18.9 Å². The number of imidazole rings is 1. The monoisotopic (exact) mass is 279 g/mol. The molecule has 0 fully saturated rings. The van der Waals surface area contributed by atoms with Gasteiger partial charge in [0, 0.05) is 38.1 Å². The van der Waals surface area contributed by atoms with Crippen LogP contribution in [-0.2, 0) is 11.2 Å². The molecule has 0 aliphatic rings. The largest absolute Gasteiger partial charge is 0.385 e. The van der Waals surface area contributed by atoms with Crippen molar-refractivity contribution in [1.82, 2.24) is 9.38 Å². The lowest BCUT2D eigenvalue weighted by molar-refractivity contribution is 0.200. The zero-order chi connectivity index (χ0) is 13.7. The minimum atomic E-state index is 0.137. The van der Waals surface area contributed by atoms with Crippen LogP contribution in [0.5, 0.6) is 0 Å². The van der Waals surface area contributed by atoms with Crippen molar-refractivity contribution in [1.29, 1.82) is 0 Å². The molecular formula is C14H21N3OS. The van der Waals surface area contributed by atoms with E-state index in [-0.39, 0.29) is 6.04 Å². The highest BCUT2D eigenvalue weighted by molar-refractivity contribution is 7.99. The number of methoxy groups -OCH3 is 1. The van der Waals surface area contributed by atoms with Gasteiger partial charge in [-0.15, -0.1) is 11.8 Å². The number of aromatic nitrogens is 2. The molecule has 104 valence electrons. The topological polar surface area (TPSA) is 52.5 Å². The Kier molecular flexibility index (Phi) is 5.24. The number of pyridine rings is 1. The minimum Gasteiger partial charge on any atom is -0.385 e. The Morgan fingerprint density at radius 3 is 3.05 bits per heavy atom. The molecule has 1 atom stereocenters. The Labute approximate surface area is 118 Å². The first kappa shape index (κ1) is 14.4. The first-order valence-electron chi connectivity index (χ1n) is 6.55. The van der Waals surface area contributed by atoms with Crippen LogP contribution in [0.25, 0.3) is 5.65 Å². The van der Waals surface area contributed by atoms with Gasteiger partial charge >= 0.3 is 0 Å². The molecule has 0 amide bonds. The zero-order valence-corrected chi connectivity index (χ0v) is 12.3. The summed E-state index contributed by atoms with van der Waals surface area (Å²) in [5, 5.41) is 1.10. The normalized spacial score (nSPS) is 13.0. The summed E-state index contributed by atoms with van der Waals surface area (Å²) in [6.45, 7) is 2.82. The predicted octanol–water partition coefficient (Wildman–Crippen LogP) is 2.35. The minimum absolute atomic E-state index is 0.137. The fourth-order valence-corrected chi connectivity index (χ4v) is 2.97. The van der Waals surface area contributed by atoms with Gasteiger partial charge in [0.1, 0.15) is 10.7 Å². The highest BCUT2D eigenvalue weighted by atomic mass is 32.2. The van der Waals surface area contributed by atoms with Gasteiger partial charge in [0.15, 0.2) is 0 Å². The maximum atomic E-state index is 5.95. The summed E-state index contributed by atoms with van der Waals surface area (Å²) < 4.78 is 7.22. The summed E-state index contributed by atoms with van der Waals surface area (Å²) in [7, 11) is 1.73. The van der Waals surface area contributed by atoms with Gasteiger partial charge in [-0.25, -0.2) is 4.98 Å². The molecule has 0 radical (unpaired) electrons. The lowest BCUT2D eigenvalue weighted by Gasteiger charge is -2.07. The Morgan fingerprint density at radius 2 is 2.32 bits per heavy atom. The van der Waals surface area contributed by atoms with Gasteiger partial charge in [0.05, 0.1) is 5.69 Å². The maximum absolute atomic E-state index is 5.95. The molecule has 2 N–H and O–H groups in total. The van der Waals surface area contributed by atoms with Crippen LogP contribution in [-0.4, -0.2) is 34.9 Å². The van der Waals surface area contributed by atoms with Crippen molar-refractivity contribution in [2.75, 3.05) is 19.5 Å². The number of rotatable bonds is 7. The van der Waals surface area contributed by atoms with Crippen LogP contribution in [0.2, 0.25) is 0 Å². The molecule has 0 spiro atoms. The first-order valence-corrected chi connectivity index (χ1v) is 7.54. The number of thioether (sulfide) groups is 1. The molecule has 0 bridgehead atoms. The number of nitrogens with two attached hydrogens (primary N) is 1. The average Bonchev–Trinajstić information content (AvgIpc) is 2.73. The van der Waals surface area contributed by atoms with Crippen LogP contribution in [0.15, 0.2) is 29.4 Å². The highest BCUT2D eigenvalue weighted by Gasteiger charge is 2.13. The smallest absolute Gasteiger partial charge is 0.138 e. The molecular weight excluding hydrogens is 258 g/mol. The number of hydrogen-bond donors (Lipinski definition) is 1. The fourth-order valence-electron chi connectivity index (χ4n) is 2.00. The van der Waals surface area contributed by atoms with E-state index >= 15 is 0 Å². The summed E-state index contributed by atoms with van der Waals surface area (Å²) in [5.74, 6) is 1.02. The van der Waals surface area contributed by atoms with Gasteiger partial charge in [-0.3, -0.25) is 0 Å². The summed E-state index contributed by atoms with van der Waals surface area (Å²) in [6, 6.07) is 6.21. The molecule has 0 aliphatic carbocycles. The molecule has 2 rings (SSSR count). The SMILES string of the molecule is COCCCSc1nc2ccccn2c1CC(C)N. The molecule has 0 aliphatic heterocycles. The van der Waals surface area contributed by atoms with Gasteiger partial charge in [0.2, 0.25) is 0 Å². The standard InChI is InChI=1S/C14H21N3OS/c1-11(15)10-12-14(19-9-5-8-18-2)16-13-6-3-4-7-17(12)13/h3-4,6-7,11H,5,8-10,15H2,1-2H3. The third kappa shape index (κ3) is 3.72. The van der Waals surface area contributed by atoms with E-state index in [4.69, 9.17) is 15.5 Å². The lowest BCUT2D eigenvalue weighted by Crippen LogP contribution is -2.19. The highest BCUT2D eigenvalue weighted by Crippen LogP contribution is 2.25. The van der Waals surface area contributed by atoms with E-state index in [1.165, 1.54) is 5.69 Å². The molecule has 2 heterocycles.